The molecule has 0 spiro atoms. The molecule has 1 aromatic carbocycles. The molecule has 0 aliphatic rings. The Hall–Kier alpha value is -2.92. The van der Waals surface area contributed by atoms with Gasteiger partial charge in [0.15, 0.2) is 0 Å². The van der Waals surface area contributed by atoms with Crippen molar-refractivity contribution in [2.45, 2.75) is 0 Å². The van der Waals surface area contributed by atoms with Gasteiger partial charge in [-0.3, -0.25) is 4.98 Å². The maximum Gasteiger partial charge on any atom is 0.133 e. The molecule has 23 heavy (non-hydrogen) atoms. The Morgan fingerprint density at radius 3 is 2.83 bits per heavy atom. The minimum Gasteiger partial charge on any atom is -0.394 e. The molecule has 0 saturated carbocycles. The molecule has 3 rings (SSSR count). The second kappa shape index (κ2) is 6.89. The lowest BCUT2D eigenvalue weighted by Crippen LogP contribution is -2.09. The highest BCUT2D eigenvalue weighted by Gasteiger charge is 2.11. The number of fused-ring (bicyclic) bond motifs is 1. The zero-order valence-corrected chi connectivity index (χ0v) is 12.7. The average Bonchev–Trinajstić information content (AvgIpc) is 3.02. The van der Waals surface area contributed by atoms with Crippen molar-refractivity contribution in [3.8, 4) is 0 Å². The molecular weight excluding hydrogens is 288 g/mol. The molecular formula is C18H18N4O. The largest absolute Gasteiger partial charge is 0.394 e. The maximum absolute atomic E-state index is 5.47. The number of hydrogen-bond acceptors (Lipinski definition) is 4. The molecule has 3 N–H and O–H groups in total. The van der Waals surface area contributed by atoms with E-state index < -0.39 is 0 Å². The van der Waals surface area contributed by atoms with Crippen molar-refractivity contribution < 1.29 is 4.84 Å². The summed E-state index contributed by atoms with van der Waals surface area (Å²) in [5.74, 6) is 0. The van der Waals surface area contributed by atoms with Gasteiger partial charge in [0.1, 0.15) is 12.3 Å². The minimum absolute atomic E-state index is 0.371. The van der Waals surface area contributed by atoms with Crippen molar-refractivity contribution in [2.75, 3.05) is 13.2 Å². The van der Waals surface area contributed by atoms with E-state index in [1.807, 2.05) is 36.4 Å². The Labute approximate surface area is 134 Å². The number of aromatic amines is 1. The van der Waals surface area contributed by atoms with Crippen LogP contribution in [0.15, 0.2) is 60.5 Å². The van der Waals surface area contributed by atoms with E-state index in [1.54, 1.807) is 18.5 Å². The SMILES string of the molecule is C=Cc1ccc(/C(=N\OCCN)c2cc3ccncc3[nH]2)cc1. The van der Waals surface area contributed by atoms with E-state index in [0.717, 1.165) is 33.4 Å². The highest BCUT2D eigenvalue weighted by Crippen LogP contribution is 2.18. The number of H-pyrrole nitrogens is 1. The summed E-state index contributed by atoms with van der Waals surface area (Å²) in [5.41, 5.74) is 10.0. The number of oxime groups is 1. The smallest absolute Gasteiger partial charge is 0.133 e. The van der Waals surface area contributed by atoms with Gasteiger partial charge < -0.3 is 15.6 Å². The molecule has 3 aromatic rings. The molecule has 5 heteroatoms. The first-order valence-corrected chi connectivity index (χ1v) is 7.38. The van der Waals surface area contributed by atoms with Crippen LogP contribution >= 0.6 is 0 Å². The van der Waals surface area contributed by atoms with Crippen LogP contribution in [0.1, 0.15) is 16.8 Å². The highest BCUT2D eigenvalue weighted by atomic mass is 16.6. The first-order valence-electron chi connectivity index (χ1n) is 7.38. The van der Waals surface area contributed by atoms with Crippen LogP contribution in [0.2, 0.25) is 0 Å². The fourth-order valence-corrected chi connectivity index (χ4v) is 2.30. The van der Waals surface area contributed by atoms with Gasteiger partial charge in [0.2, 0.25) is 0 Å². The summed E-state index contributed by atoms with van der Waals surface area (Å²) in [4.78, 5) is 12.8. The predicted molar refractivity (Wildman–Crippen MR) is 93.3 cm³/mol. The lowest BCUT2D eigenvalue weighted by Gasteiger charge is -2.06. The monoisotopic (exact) mass is 306 g/mol. The van der Waals surface area contributed by atoms with Gasteiger partial charge in [-0.25, -0.2) is 0 Å². The van der Waals surface area contributed by atoms with E-state index in [-0.39, 0.29) is 0 Å². The average molecular weight is 306 g/mol. The van der Waals surface area contributed by atoms with Gasteiger partial charge in [-0.1, -0.05) is 42.1 Å². The molecule has 0 amide bonds. The van der Waals surface area contributed by atoms with Gasteiger partial charge in [-0.05, 0) is 17.7 Å². The lowest BCUT2D eigenvalue weighted by molar-refractivity contribution is 0.152. The van der Waals surface area contributed by atoms with Crippen LogP contribution in [0.3, 0.4) is 0 Å². The van der Waals surface area contributed by atoms with Gasteiger partial charge >= 0.3 is 0 Å². The minimum atomic E-state index is 0.371. The van der Waals surface area contributed by atoms with Gasteiger partial charge in [-0.15, -0.1) is 0 Å². The van der Waals surface area contributed by atoms with Crippen molar-refractivity contribution in [2.24, 2.45) is 10.9 Å². The molecule has 0 aliphatic heterocycles. The number of pyridine rings is 1. The number of nitrogens with zero attached hydrogens (tertiary/aromatic N) is 2. The van der Waals surface area contributed by atoms with Crippen LogP contribution in [0.4, 0.5) is 0 Å². The summed E-state index contributed by atoms with van der Waals surface area (Å²) < 4.78 is 0. The van der Waals surface area contributed by atoms with Crippen LogP contribution < -0.4 is 5.73 Å². The Morgan fingerprint density at radius 2 is 2.13 bits per heavy atom. The fraction of sp³-hybridized carbons (Fsp3) is 0.111. The molecule has 0 unspecified atom stereocenters. The van der Waals surface area contributed by atoms with Crippen molar-refractivity contribution in [3.63, 3.8) is 0 Å². The molecule has 0 saturated heterocycles. The normalized spacial score (nSPS) is 11.6. The predicted octanol–water partition coefficient (Wildman–Crippen LogP) is 2.93. The Balaban J connectivity index is 2.03. The number of hydrogen-bond donors (Lipinski definition) is 2. The standard InChI is InChI=1S/C18H18N4O/c1-2-13-3-5-14(6-4-13)18(22-23-10-8-19)16-11-15-7-9-20-12-17(15)21-16/h2-7,9,11-12,21H,1,8,10,19H2/b22-18+. The lowest BCUT2D eigenvalue weighted by atomic mass is 10.1. The van der Waals surface area contributed by atoms with E-state index in [4.69, 9.17) is 10.6 Å². The van der Waals surface area contributed by atoms with Crippen LogP contribution in [0.25, 0.3) is 17.0 Å². The first kappa shape index (κ1) is 15.0. The molecule has 116 valence electrons. The van der Waals surface area contributed by atoms with E-state index in [1.165, 1.54) is 0 Å². The van der Waals surface area contributed by atoms with E-state index >= 15 is 0 Å². The summed E-state index contributed by atoms with van der Waals surface area (Å²) >= 11 is 0. The highest BCUT2D eigenvalue weighted by molar-refractivity contribution is 6.13. The quantitative estimate of drug-likeness (QED) is 0.417. The second-order valence-corrected chi connectivity index (χ2v) is 5.03. The number of aromatic nitrogens is 2. The third-order valence-electron chi connectivity index (χ3n) is 3.46. The van der Waals surface area contributed by atoms with Crippen LogP contribution in [0.5, 0.6) is 0 Å². The maximum atomic E-state index is 5.47. The third kappa shape index (κ3) is 3.30. The van der Waals surface area contributed by atoms with Crippen LogP contribution in [-0.4, -0.2) is 28.8 Å². The topological polar surface area (TPSA) is 76.3 Å². The summed E-state index contributed by atoms with van der Waals surface area (Å²) in [5, 5.41) is 5.34. The van der Waals surface area contributed by atoms with Crippen molar-refractivity contribution in [3.05, 3.63) is 72.2 Å². The van der Waals surface area contributed by atoms with Crippen LogP contribution in [-0.2, 0) is 4.84 Å². The van der Waals surface area contributed by atoms with Gasteiger partial charge in [0.25, 0.3) is 0 Å². The fourth-order valence-electron chi connectivity index (χ4n) is 2.30. The number of nitrogens with two attached hydrogens (primary N) is 1. The Bertz CT molecular complexity index is 801. The number of rotatable bonds is 6. The second-order valence-electron chi connectivity index (χ2n) is 5.03. The molecule has 2 heterocycles. The van der Waals surface area contributed by atoms with E-state index in [2.05, 4.69) is 21.7 Å². The molecule has 0 radical (unpaired) electrons. The zero-order valence-electron chi connectivity index (χ0n) is 12.7. The molecule has 0 aliphatic carbocycles. The van der Waals surface area contributed by atoms with Gasteiger partial charge in [0.05, 0.1) is 17.4 Å². The Kier molecular flexibility index (Phi) is 4.49. The van der Waals surface area contributed by atoms with E-state index in [9.17, 15) is 0 Å². The van der Waals surface area contributed by atoms with E-state index in [0.29, 0.717) is 13.2 Å². The molecule has 0 atom stereocenters. The van der Waals surface area contributed by atoms with Crippen molar-refractivity contribution in [1.29, 1.82) is 0 Å². The number of benzene rings is 1. The first-order chi connectivity index (χ1) is 11.3. The third-order valence-corrected chi connectivity index (χ3v) is 3.46. The summed E-state index contributed by atoms with van der Waals surface area (Å²) in [6.07, 6.45) is 5.36. The Morgan fingerprint density at radius 1 is 1.30 bits per heavy atom. The van der Waals surface area contributed by atoms with Gasteiger partial charge in [0, 0.05) is 23.7 Å². The summed E-state index contributed by atoms with van der Waals surface area (Å²) in [6.45, 7) is 4.56. The molecule has 5 nitrogen and oxygen atoms in total. The zero-order chi connectivity index (χ0) is 16.1. The summed E-state index contributed by atoms with van der Waals surface area (Å²) in [7, 11) is 0. The van der Waals surface area contributed by atoms with Crippen molar-refractivity contribution in [1.82, 2.24) is 9.97 Å². The van der Waals surface area contributed by atoms with Crippen LogP contribution in [0, 0.1) is 0 Å². The summed E-state index contributed by atoms with van der Waals surface area (Å²) in [6, 6.07) is 11.9. The van der Waals surface area contributed by atoms with Crippen molar-refractivity contribution >= 4 is 22.7 Å². The molecule has 0 fully saturated rings. The van der Waals surface area contributed by atoms with Gasteiger partial charge in [-0.2, -0.15) is 0 Å². The molecule has 2 aromatic heterocycles. The molecule has 0 bridgehead atoms. The number of nitrogens with one attached hydrogen (secondary N) is 1.